The first-order chi connectivity index (χ1) is 11.5. The third-order valence-corrected chi connectivity index (χ3v) is 3.24. The van der Waals surface area contributed by atoms with E-state index in [9.17, 15) is 19.3 Å². The standard InChI is InChI=1S/C17H15FN2O4/c1-24-16-8-6-12(10-14(16)18)7-9-17(21)19-11-13-4-2-3-5-15(13)20(22)23/h2-10H,11H2,1H3,(H,19,21). The molecule has 1 N–H and O–H groups in total. The molecule has 0 aliphatic carbocycles. The van der Waals surface area contributed by atoms with Gasteiger partial charge in [-0.25, -0.2) is 4.39 Å². The summed E-state index contributed by atoms with van der Waals surface area (Å²) in [4.78, 5) is 22.2. The number of halogens is 1. The van der Waals surface area contributed by atoms with Crippen LogP contribution in [0.15, 0.2) is 48.5 Å². The molecular formula is C17H15FN2O4. The number of para-hydroxylation sites is 1. The van der Waals surface area contributed by atoms with E-state index in [1.165, 1.54) is 37.5 Å². The number of nitrogens with one attached hydrogen (secondary N) is 1. The molecule has 0 heterocycles. The molecule has 0 saturated carbocycles. The molecule has 2 aromatic rings. The van der Waals surface area contributed by atoms with Crippen LogP contribution < -0.4 is 10.1 Å². The number of nitrogens with zero attached hydrogens (tertiary/aromatic N) is 1. The van der Waals surface area contributed by atoms with Crippen molar-refractivity contribution in [2.24, 2.45) is 0 Å². The van der Waals surface area contributed by atoms with Crippen molar-refractivity contribution in [1.29, 1.82) is 0 Å². The predicted octanol–water partition coefficient (Wildman–Crippen LogP) is 3.07. The second-order valence-corrected chi connectivity index (χ2v) is 4.83. The van der Waals surface area contributed by atoms with Gasteiger partial charge in [0.15, 0.2) is 11.6 Å². The van der Waals surface area contributed by atoms with Crippen LogP contribution in [-0.2, 0) is 11.3 Å². The molecule has 0 unspecified atom stereocenters. The first-order valence-corrected chi connectivity index (χ1v) is 7.03. The summed E-state index contributed by atoms with van der Waals surface area (Å²) >= 11 is 0. The molecule has 7 heteroatoms. The highest BCUT2D eigenvalue weighted by molar-refractivity contribution is 5.91. The fourth-order valence-corrected chi connectivity index (χ4v) is 2.04. The minimum Gasteiger partial charge on any atom is -0.494 e. The summed E-state index contributed by atoms with van der Waals surface area (Å²) in [6.07, 6.45) is 2.67. The smallest absolute Gasteiger partial charge is 0.274 e. The van der Waals surface area contributed by atoms with Crippen LogP contribution in [0.25, 0.3) is 6.08 Å². The molecule has 0 bridgehead atoms. The molecule has 2 rings (SSSR count). The number of ether oxygens (including phenoxy) is 1. The van der Waals surface area contributed by atoms with Gasteiger partial charge in [0.2, 0.25) is 5.91 Å². The number of amides is 1. The topological polar surface area (TPSA) is 81.5 Å². The van der Waals surface area contributed by atoms with Crippen molar-refractivity contribution in [2.75, 3.05) is 7.11 Å². The van der Waals surface area contributed by atoms with Gasteiger partial charge in [0.1, 0.15) is 0 Å². The van der Waals surface area contributed by atoms with E-state index in [0.717, 1.165) is 0 Å². The molecule has 0 atom stereocenters. The summed E-state index contributed by atoms with van der Waals surface area (Å²) in [5.74, 6) is -0.850. The van der Waals surface area contributed by atoms with E-state index >= 15 is 0 Å². The quantitative estimate of drug-likeness (QED) is 0.501. The van der Waals surface area contributed by atoms with Crippen LogP contribution >= 0.6 is 0 Å². The number of hydrogen-bond donors (Lipinski definition) is 1. The second kappa shape index (κ2) is 7.87. The Morgan fingerprint density at radius 2 is 2.08 bits per heavy atom. The van der Waals surface area contributed by atoms with Gasteiger partial charge in [-0.1, -0.05) is 24.3 Å². The maximum Gasteiger partial charge on any atom is 0.274 e. The van der Waals surface area contributed by atoms with Gasteiger partial charge < -0.3 is 10.1 Å². The number of methoxy groups -OCH3 is 1. The van der Waals surface area contributed by atoms with Gasteiger partial charge in [0.25, 0.3) is 5.69 Å². The maximum absolute atomic E-state index is 13.5. The summed E-state index contributed by atoms with van der Waals surface area (Å²) in [5.41, 5.74) is 0.841. The lowest BCUT2D eigenvalue weighted by atomic mass is 10.1. The number of benzene rings is 2. The van der Waals surface area contributed by atoms with E-state index in [-0.39, 0.29) is 18.0 Å². The van der Waals surface area contributed by atoms with Gasteiger partial charge >= 0.3 is 0 Å². The first kappa shape index (κ1) is 17.1. The molecule has 24 heavy (non-hydrogen) atoms. The number of carbonyl (C=O) groups excluding carboxylic acids is 1. The van der Waals surface area contributed by atoms with Crippen molar-refractivity contribution in [3.8, 4) is 5.75 Å². The number of nitro groups is 1. The summed E-state index contributed by atoms with van der Waals surface area (Å²) in [6, 6.07) is 10.5. The highest BCUT2D eigenvalue weighted by Crippen LogP contribution is 2.19. The van der Waals surface area contributed by atoms with Crippen LogP contribution in [0.4, 0.5) is 10.1 Å². The molecule has 0 aromatic heterocycles. The minimum atomic E-state index is -0.528. The highest BCUT2D eigenvalue weighted by atomic mass is 19.1. The lowest BCUT2D eigenvalue weighted by molar-refractivity contribution is -0.385. The van der Waals surface area contributed by atoms with Gasteiger partial charge in [-0.05, 0) is 23.8 Å². The molecule has 6 nitrogen and oxygen atoms in total. The SMILES string of the molecule is COc1ccc(C=CC(=O)NCc2ccccc2[N+](=O)[O-])cc1F. The van der Waals surface area contributed by atoms with Gasteiger partial charge in [-0.3, -0.25) is 14.9 Å². The Hall–Kier alpha value is -3.22. The van der Waals surface area contributed by atoms with Crippen LogP contribution in [-0.4, -0.2) is 17.9 Å². The number of hydrogen-bond acceptors (Lipinski definition) is 4. The van der Waals surface area contributed by atoms with E-state index in [1.54, 1.807) is 24.3 Å². The van der Waals surface area contributed by atoms with Crippen LogP contribution in [0.1, 0.15) is 11.1 Å². The van der Waals surface area contributed by atoms with Gasteiger partial charge in [0, 0.05) is 24.3 Å². The minimum absolute atomic E-state index is 0.0251. The van der Waals surface area contributed by atoms with Crippen molar-refractivity contribution >= 4 is 17.7 Å². The van der Waals surface area contributed by atoms with Crippen molar-refractivity contribution in [3.05, 3.63) is 75.6 Å². The van der Waals surface area contributed by atoms with E-state index in [2.05, 4.69) is 5.32 Å². The van der Waals surface area contributed by atoms with Crippen LogP contribution in [0, 0.1) is 15.9 Å². The Balaban J connectivity index is 1.99. The molecule has 0 aliphatic heterocycles. The van der Waals surface area contributed by atoms with Gasteiger partial charge in [-0.15, -0.1) is 0 Å². The van der Waals surface area contributed by atoms with E-state index in [0.29, 0.717) is 11.1 Å². The molecule has 1 amide bonds. The van der Waals surface area contributed by atoms with Crippen molar-refractivity contribution in [1.82, 2.24) is 5.32 Å². The zero-order valence-electron chi connectivity index (χ0n) is 12.9. The molecule has 0 radical (unpaired) electrons. The number of rotatable bonds is 6. The van der Waals surface area contributed by atoms with E-state index in [1.807, 2.05) is 0 Å². The first-order valence-electron chi connectivity index (χ1n) is 7.03. The van der Waals surface area contributed by atoms with Crippen molar-refractivity contribution in [3.63, 3.8) is 0 Å². The molecule has 0 aliphatic rings. The Kier molecular flexibility index (Phi) is 5.62. The molecular weight excluding hydrogens is 315 g/mol. The molecule has 0 spiro atoms. The maximum atomic E-state index is 13.5. The number of nitro benzene ring substituents is 1. The Morgan fingerprint density at radius 1 is 1.33 bits per heavy atom. The summed E-state index contributed by atoms with van der Waals surface area (Å²) in [7, 11) is 1.37. The summed E-state index contributed by atoms with van der Waals surface area (Å²) in [6.45, 7) is 0.0251. The third-order valence-electron chi connectivity index (χ3n) is 3.24. The predicted molar refractivity (Wildman–Crippen MR) is 86.9 cm³/mol. The summed E-state index contributed by atoms with van der Waals surface area (Å²) < 4.78 is 18.4. The van der Waals surface area contributed by atoms with E-state index < -0.39 is 16.6 Å². The zero-order chi connectivity index (χ0) is 17.5. The fourth-order valence-electron chi connectivity index (χ4n) is 2.04. The van der Waals surface area contributed by atoms with Gasteiger partial charge in [0.05, 0.1) is 12.0 Å². The monoisotopic (exact) mass is 330 g/mol. The number of carbonyl (C=O) groups is 1. The fraction of sp³-hybridized carbons (Fsp3) is 0.118. The van der Waals surface area contributed by atoms with Crippen LogP contribution in [0.3, 0.4) is 0 Å². The van der Waals surface area contributed by atoms with Crippen LogP contribution in [0.5, 0.6) is 5.75 Å². The van der Waals surface area contributed by atoms with Gasteiger partial charge in [-0.2, -0.15) is 0 Å². The lowest BCUT2D eigenvalue weighted by Gasteiger charge is -2.04. The van der Waals surface area contributed by atoms with Crippen molar-refractivity contribution in [2.45, 2.75) is 6.54 Å². The Bertz CT molecular complexity index is 790. The van der Waals surface area contributed by atoms with E-state index in [4.69, 9.17) is 4.74 Å². The molecule has 2 aromatic carbocycles. The lowest BCUT2D eigenvalue weighted by Crippen LogP contribution is -2.20. The Labute approximate surface area is 137 Å². The van der Waals surface area contributed by atoms with Crippen molar-refractivity contribution < 1.29 is 18.8 Å². The average Bonchev–Trinajstić information content (AvgIpc) is 2.58. The largest absolute Gasteiger partial charge is 0.494 e. The average molecular weight is 330 g/mol. The normalized spacial score (nSPS) is 10.6. The van der Waals surface area contributed by atoms with Crippen LogP contribution in [0.2, 0.25) is 0 Å². The highest BCUT2D eigenvalue weighted by Gasteiger charge is 2.12. The molecule has 0 saturated heterocycles. The molecule has 0 fully saturated rings. The summed E-state index contributed by atoms with van der Waals surface area (Å²) in [5, 5.41) is 13.4. The second-order valence-electron chi connectivity index (χ2n) is 4.83. The Morgan fingerprint density at radius 3 is 2.75 bits per heavy atom. The molecule has 124 valence electrons. The zero-order valence-corrected chi connectivity index (χ0v) is 12.9. The third kappa shape index (κ3) is 4.39.